The molecule has 0 amide bonds. The monoisotopic (exact) mass is 256 g/mol. The van der Waals surface area contributed by atoms with Gasteiger partial charge in [0.15, 0.2) is 0 Å². The van der Waals surface area contributed by atoms with Crippen molar-refractivity contribution in [1.29, 1.82) is 0 Å². The Balaban J connectivity index is 2.93. The van der Waals surface area contributed by atoms with Crippen LogP contribution in [0.4, 0.5) is 5.69 Å². The summed E-state index contributed by atoms with van der Waals surface area (Å²) >= 11 is 0. The predicted octanol–water partition coefficient (Wildman–Crippen LogP) is 2.18. The van der Waals surface area contributed by atoms with Gasteiger partial charge in [-0.3, -0.25) is 0 Å². The zero-order valence-corrected chi connectivity index (χ0v) is 11.3. The lowest BCUT2D eigenvalue weighted by Crippen LogP contribution is -2.24. The van der Waals surface area contributed by atoms with Crippen LogP contribution in [0.5, 0.6) is 0 Å². The molecule has 17 heavy (non-hydrogen) atoms. The smallest absolute Gasteiger partial charge is 0.238 e. The van der Waals surface area contributed by atoms with Gasteiger partial charge in [-0.1, -0.05) is 26.8 Å². The van der Waals surface area contributed by atoms with E-state index >= 15 is 0 Å². The first-order chi connectivity index (χ1) is 7.84. The van der Waals surface area contributed by atoms with Gasteiger partial charge in [-0.25, -0.2) is 13.6 Å². The molecule has 0 aromatic heterocycles. The Bertz CT molecular complexity index is 469. The van der Waals surface area contributed by atoms with Gasteiger partial charge < -0.3 is 5.32 Å². The van der Waals surface area contributed by atoms with Crippen LogP contribution in [0.25, 0.3) is 0 Å². The van der Waals surface area contributed by atoms with Crippen molar-refractivity contribution in [3.8, 4) is 0 Å². The van der Waals surface area contributed by atoms with Gasteiger partial charge in [0, 0.05) is 11.7 Å². The largest absolute Gasteiger partial charge is 0.382 e. The van der Waals surface area contributed by atoms with E-state index in [1.807, 2.05) is 6.07 Å². The van der Waals surface area contributed by atoms with E-state index in [9.17, 15) is 8.42 Å². The van der Waals surface area contributed by atoms with Crippen molar-refractivity contribution in [2.24, 2.45) is 11.1 Å². The van der Waals surface area contributed by atoms with E-state index in [0.29, 0.717) is 12.0 Å². The van der Waals surface area contributed by atoms with E-state index in [4.69, 9.17) is 5.14 Å². The van der Waals surface area contributed by atoms with Gasteiger partial charge in [0.05, 0.1) is 4.90 Å². The van der Waals surface area contributed by atoms with E-state index < -0.39 is 10.0 Å². The molecule has 3 N–H and O–H groups in total. The molecule has 1 aromatic carbocycles. The molecule has 1 aromatic rings. The minimum absolute atomic E-state index is 0.140. The number of hydrogen-bond acceptors (Lipinski definition) is 3. The van der Waals surface area contributed by atoms with Crippen LogP contribution in [0.15, 0.2) is 29.2 Å². The molecule has 1 rings (SSSR count). The molecule has 0 aliphatic carbocycles. The predicted molar refractivity (Wildman–Crippen MR) is 70.4 cm³/mol. The molecule has 0 aliphatic rings. The first-order valence-electron chi connectivity index (χ1n) is 5.74. The highest BCUT2D eigenvalue weighted by Crippen LogP contribution is 2.18. The summed E-state index contributed by atoms with van der Waals surface area (Å²) in [6.07, 6.45) is 0.983. The molecule has 0 bridgehead atoms. The number of benzene rings is 1. The van der Waals surface area contributed by atoms with Gasteiger partial charge in [-0.15, -0.1) is 0 Å². The lowest BCUT2D eigenvalue weighted by molar-refractivity contribution is 0.511. The Hall–Kier alpha value is -1.07. The molecule has 0 saturated carbocycles. The van der Waals surface area contributed by atoms with Crippen LogP contribution >= 0.6 is 0 Å². The third kappa shape index (κ3) is 4.02. The zero-order valence-electron chi connectivity index (χ0n) is 10.5. The minimum Gasteiger partial charge on any atom is -0.382 e. The van der Waals surface area contributed by atoms with Gasteiger partial charge in [0.2, 0.25) is 10.0 Å². The second-order valence-corrected chi connectivity index (χ2v) is 6.04. The van der Waals surface area contributed by atoms with Gasteiger partial charge in [-0.05, 0) is 30.5 Å². The highest BCUT2D eigenvalue weighted by molar-refractivity contribution is 7.89. The normalized spacial score (nSPS) is 13.7. The Morgan fingerprint density at radius 2 is 2.00 bits per heavy atom. The van der Waals surface area contributed by atoms with Crippen LogP contribution in [-0.4, -0.2) is 14.5 Å². The third-order valence-corrected chi connectivity index (χ3v) is 3.67. The first-order valence-corrected chi connectivity index (χ1v) is 7.28. The molecule has 4 nitrogen and oxygen atoms in total. The van der Waals surface area contributed by atoms with Gasteiger partial charge in [0.1, 0.15) is 0 Å². The van der Waals surface area contributed by atoms with E-state index in [0.717, 1.165) is 12.1 Å². The summed E-state index contributed by atoms with van der Waals surface area (Å²) in [5.74, 6) is 0.484. The second-order valence-electron chi connectivity index (χ2n) is 4.48. The molecular weight excluding hydrogens is 236 g/mol. The summed E-state index contributed by atoms with van der Waals surface area (Å²) in [6.45, 7) is 6.36. The molecule has 0 aliphatic heterocycles. The van der Waals surface area contributed by atoms with Crippen molar-refractivity contribution in [2.75, 3.05) is 5.32 Å². The summed E-state index contributed by atoms with van der Waals surface area (Å²) < 4.78 is 22.4. The number of primary sulfonamides is 1. The maximum atomic E-state index is 11.2. The molecule has 1 atom stereocenters. The van der Waals surface area contributed by atoms with E-state index in [-0.39, 0.29) is 4.90 Å². The van der Waals surface area contributed by atoms with Crippen molar-refractivity contribution in [2.45, 2.75) is 38.1 Å². The fourth-order valence-electron chi connectivity index (χ4n) is 1.72. The van der Waals surface area contributed by atoms with Crippen molar-refractivity contribution in [3.05, 3.63) is 24.3 Å². The maximum absolute atomic E-state index is 11.2. The maximum Gasteiger partial charge on any atom is 0.238 e. The number of rotatable bonds is 5. The van der Waals surface area contributed by atoms with Crippen LogP contribution in [0.2, 0.25) is 0 Å². The summed E-state index contributed by atoms with van der Waals surface area (Å²) in [7, 11) is -3.63. The molecule has 0 radical (unpaired) electrons. The van der Waals surface area contributed by atoms with Crippen molar-refractivity contribution in [1.82, 2.24) is 0 Å². The van der Waals surface area contributed by atoms with Crippen molar-refractivity contribution < 1.29 is 8.42 Å². The number of hydrogen-bond donors (Lipinski definition) is 2. The lowest BCUT2D eigenvalue weighted by atomic mass is 10.0. The quantitative estimate of drug-likeness (QED) is 0.848. The molecule has 0 saturated heterocycles. The number of nitrogens with one attached hydrogen (secondary N) is 1. The molecule has 5 heteroatoms. The molecule has 96 valence electrons. The summed E-state index contributed by atoms with van der Waals surface area (Å²) in [5, 5.41) is 8.41. The van der Waals surface area contributed by atoms with E-state index in [2.05, 4.69) is 26.1 Å². The fourth-order valence-corrected chi connectivity index (χ4v) is 2.28. The Morgan fingerprint density at radius 1 is 1.35 bits per heavy atom. The van der Waals surface area contributed by atoms with E-state index in [1.54, 1.807) is 12.1 Å². The number of nitrogens with two attached hydrogens (primary N) is 1. The highest BCUT2D eigenvalue weighted by atomic mass is 32.2. The van der Waals surface area contributed by atoms with Gasteiger partial charge in [0.25, 0.3) is 0 Å². The number of anilines is 1. The highest BCUT2D eigenvalue weighted by Gasteiger charge is 2.12. The van der Waals surface area contributed by atoms with Gasteiger partial charge in [-0.2, -0.15) is 0 Å². The number of sulfonamides is 1. The second kappa shape index (κ2) is 5.51. The zero-order chi connectivity index (χ0) is 13.1. The Kier molecular flexibility index (Phi) is 4.54. The lowest BCUT2D eigenvalue weighted by Gasteiger charge is -2.22. The summed E-state index contributed by atoms with van der Waals surface area (Å²) in [5.41, 5.74) is 0.789. The molecule has 0 fully saturated rings. The van der Waals surface area contributed by atoms with Crippen LogP contribution in [-0.2, 0) is 10.0 Å². The summed E-state index contributed by atoms with van der Waals surface area (Å²) in [4.78, 5) is 0.140. The van der Waals surface area contributed by atoms with Gasteiger partial charge >= 0.3 is 0 Å². The Morgan fingerprint density at radius 3 is 2.47 bits per heavy atom. The molecule has 0 spiro atoms. The SMILES string of the molecule is CCC(Nc1cccc(S(N)(=O)=O)c1)C(C)C. The van der Waals surface area contributed by atoms with Crippen molar-refractivity contribution >= 4 is 15.7 Å². The van der Waals surface area contributed by atoms with Crippen LogP contribution in [0, 0.1) is 5.92 Å². The fraction of sp³-hybridized carbons (Fsp3) is 0.500. The van der Waals surface area contributed by atoms with Crippen LogP contribution < -0.4 is 10.5 Å². The summed E-state index contributed by atoms with van der Waals surface area (Å²) in [6, 6.07) is 6.93. The standard InChI is InChI=1S/C12H20N2O2S/c1-4-12(9(2)3)14-10-6-5-7-11(8-10)17(13,15)16/h5-9,12,14H,4H2,1-3H3,(H2,13,15,16). The first kappa shape index (κ1) is 14.0. The third-order valence-electron chi connectivity index (χ3n) is 2.76. The minimum atomic E-state index is -3.63. The molecule has 1 unspecified atom stereocenters. The molecular formula is C12H20N2O2S. The topological polar surface area (TPSA) is 72.2 Å². The van der Waals surface area contributed by atoms with Crippen LogP contribution in [0.1, 0.15) is 27.2 Å². The molecule has 0 heterocycles. The Labute approximate surface area is 103 Å². The average molecular weight is 256 g/mol. The van der Waals surface area contributed by atoms with Crippen LogP contribution in [0.3, 0.4) is 0 Å². The average Bonchev–Trinajstić information content (AvgIpc) is 2.24. The van der Waals surface area contributed by atoms with Crippen molar-refractivity contribution in [3.63, 3.8) is 0 Å². The van der Waals surface area contributed by atoms with E-state index in [1.165, 1.54) is 6.07 Å².